The molecule has 0 radical (unpaired) electrons. The number of ketones is 1. The molecule has 108 valence electrons. The molecule has 1 aromatic rings. The number of benzene rings is 1. The molecular formula is C17H22O3. The largest absolute Gasteiger partial charge is 0.466 e. The van der Waals surface area contributed by atoms with Gasteiger partial charge in [-0.1, -0.05) is 30.7 Å². The monoisotopic (exact) mass is 274 g/mol. The molecule has 3 nitrogen and oxygen atoms in total. The maximum atomic E-state index is 12.8. The number of hydrogen-bond acceptors (Lipinski definition) is 3. The number of rotatable bonds is 4. The zero-order valence-corrected chi connectivity index (χ0v) is 12.5. The van der Waals surface area contributed by atoms with E-state index in [0.717, 1.165) is 24.0 Å². The minimum absolute atomic E-state index is 0.106. The molecule has 20 heavy (non-hydrogen) atoms. The van der Waals surface area contributed by atoms with Gasteiger partial charge in [-0.2, -0.15) is 0 Å². The third-order valence-corrected chi connectivity index (χ3v) is 4.32. The number of hydrogen-bond donors (Lipinski definition) is 0. The van der Waals surface area contributed by atoms with Gasteiger partial charge in [0.05, 0.1) is 13.0 Å². The number of ether oxygens (including phenoxy) is 1. The van der Waals surface area contributed by atoms with Crippen molar-refractivity contribution in [2.45, 2.75) is 46.5 Å². The van der Waals surface area contributed by atoms with Crippen molar-refractivity contribution in [3.05, 3.63) is 34.9 Å². The molecule has 0 unspecified atom stereocenters. The lowest BCUT2D eigenvalue weighted by molar-refractivity contribution is -0.145. The van der Waals surface area contributed by atoms with Gasteiger partial charge in [-0.05, 0) is 38.7 Å². The molecule has 0 saturated carbocycles. The molecule has 1 aromatic carbocycles. The number of carbonyl (C=O) groups excluding carboxylic acids is 2. The van der Waals surface area contributed by atoms with Crippen LogP contribution in [0.1, 0.15) is 54.6 Å². The standard InChI is InChI=1S/C17H22O3/c1-4-17(11-15(18)20-5-2)9-8-13-10-12(3)6-7-14(13)16(17)19/h6-7,10H,4-5,8-9,11H2,1-3H3/t17-/m0/s1. The van der Waals surface area contributed by atoms with Gasteiger partial charge in [-0.3, -0.25) is 9.59 Å². The van der Waals surface area contributed by atoms with Crippen LogP contribution in [0.25, 0.3) is 0 Å². The highest BCUT2D eigenvalue weighted by Gasteiger charge is 2.42. The molecule has 0 bridgehead atoms. The fraction of sp³-hybridized carbons (Fsp3) is 0.529. The molecule has 0 saturated heterocycles. The fourth-order valence-corrected chi connectivity index (χ4v) is 3.04. The summed E-state index contributed by atoms with van der Waals surface area (Å²) in [5.74, 6) is -0.160. The highest BCUT2D eigenvalue weighted by atomic mass is 16.5. The molecule has 0 fully saturated rings. The van der Waals surface area contributed by atoms with Gasteiger partial charge in [0.2, 0.25) is 0 Å². The fourth-order valence-electron chi connectivity index (χ4n) is 3.04. The number of Topliss-reactive ketones (excluding diaryl/α,β-unsaturated/α-hetero) is 1. The van der Waals surface area contributed by atoms with Crippen molar-refractivity contribution >= 4 is 11.8 Å². The minimum Gasteiger partial charge on any atom is -0.466 e. The summed E-state index contributed by atoms with van der Waals surface area (Å²) < 4.78 is 5.04. The van der Waals surface area contributed by atoms with Crippen LogP contribution in [0.4, 0.5) is 0 Å². The van der Waals surface area contributed by atoms with E-state index in [1.165, 1.54) is 5.56 Å². The lowest BCUT2D eigenvalue weighted by Crippen LogP contribution is -2.38. The molecule has 0 aromatic heterocycles. The van der Waals surface area contributed by atoms with E-state index in [0.29, 0.717) is 13.0 Å². The number of fused-ring (bicyclic) bond motifs is 1. The summed E-state index contributed by atoms with van der Waals surface area (Å²) in [6, 6.07) is 5.95. The van der Waals surface area contributed by atoms with Gasteiger partial charge in [-0.25, -0.2) is 0 Å². The Morgan fingerprint density at radius 3 is 2.75 bits per heavy atom. The summed E-state index contributed by atoms with van der Waals surface area (Å²) in [4.78, 5) is 24.6. The van der Waals surface area contributed by atoms with E-state index in [4.69, 9.17) is 4.74 Å². The highest BCUT2D eigenvalue weighted by molar-refractivity contribution is 6.04. The van der Waals surface area contributed by atoms with Crippen LogP contribution < -0.4 is 0 Å². The first-order chi connectivity index (χ1) is 9.52. The SMILES string of the molecule is CCOC(=O)C[C@]1(CC)CCc2cc(C)ccc2C1=O. The molecule has 2 rings (SSSR count). The van der Waals surface area contributed by atoms with E-state index >= 15 is 0 Å². The lowest BCUT2D eigenvalue weighted by atomic mass is 9.67. The molecular weight excluding hydrogens is 252 g/mol. The van der Waals surface area contributed by atoms with Crippen LogP contribution in [0.2, 0.25) is 0 Å². The Morgan fingerprint density at radius 2 is 2.10 bits per heavy atom. The van der Waals surface area contributed by atoms with Crippen LogP contribution in [0.15, 0.2) is 18.2 Å². The van der Waals surface area contributed by atoms with Crippen LogP contribution in [0, 0.1) is 12.3 Å². The highest BCUT2D eigenvalue weighted by Crippen LogP contribution is 2.41. The summed E-state index contributed by atoms with van der Waals surface area (Å²) in [5, 5.41) is 0. The van der Waals surface area contributed by atoms with Gasteiger partial charge < -0.3 is 4.74 Å². The second-order valence-corrected chi connectivity index (χ2v) is 5.61. The smallest absolute Gasteiger partial charge is 0.306 e. The summed E-state index contributed by atoms with van der Waals surface area (Å²) >= 11 is 0. The Labute approximate surface area is 120 Å². The lowest BCUT2D eigenvalue weighted by Gasteiger charge is -2.35. The Hall–Kier alpha value is -1.64. The number of esters is 1. The van der Waals surface area contributed by atoms with Gasteiger partial charge >= 0.3 is 5.97 Å². The first-order valence-electron chi connectivity index (χ1n) is 7.32. The average molecular weight is 274 g/mol. The van der Waals surface area contributed by atoms with Crippen molar-refractivity contribution in [3.8, 4) is 0 Å². The van der Waals surface area contributed by atoms with Crippen LogP contribution in [0.5, 0.6) is 0 Å². The summed E-state index contributed by atoms with van der Waals surface area (Å²) in [5.41, 5.74) is 2.50. The van der Waals surface area contributed by atoms with Crippen LogP contribution in [0.3, 0.4) is 0 Å². The predicted octanol–water partition coefficient (Wildman–Crippen LogP) is 3.47. The van der Waals surface area contributed by atoms with E-state index in [2.05, 4.69) is 6.07 Å². The van der Waals surface area contributed by atoms with Gasteiger partial charge in [0.1, 0.15) is 0 Å². The molecule has 1 aliphatic carbocycles. The zero-order chi connectivity index (χ0) is 14.8. The number of aryl methyl sites for hydroxylation is 2. The van der Waals surface area contributed by atoms with Gasteiger partial charge in [0.15, 0.2) is 5.78 Å². The van der Waals surface area contributed by atoms with Crippen LogP contribution in [-0.2, 0) is 16.0 Å². The zero-order valence-electron chi connectivity index (χ0n) is 12.5. The normalized spacial score (nSPS) is 21.4. The van der Waals surface area contributed by atoms with E-state index in [-0.39, 0.29) is 18.2 Å². The third-order valence-electron chi connectivity index (χ3n) is 4.32. The second-order valence-electron chi connectivity index (χ2n) is 5.61. The minimum atomic E-state index is -0.575. The maximum absolute atomic E-state index is 12.8. The van der Waals surface area contributed by atoms with E-state index in [1.54, 1.807) is 6.92 Å². The molecule has 1 aliphatic rings. The average Bonchev–Trinajstić information content (AvgIpc) is 2.42. The molecule has 0 aliphatic heterocycles. The summed E-state index contributed by atoms with van der Waals surface area (Å²) in [6.45, 7) is 6.17. The topological polar surface area (TPSA) is 43.4 Å². The van der Waals surface area contributed by atoms with Crippen molar-refractivity contribution in [3.63, 3.8) is 0 Å². The molecule has 0 amide bonds. The first kappa shape index (κ1) is 14.8. The summed E-state index contributed by atoms with van der Waals surface area (Å²) in [6.07, 6.45) is 2.47. The van der Waals surface area contributed by atoms with Crippen molar-refractivity contribution in [1.82, 2.24) is 0 Å². The Kier molecular flexibility index (Phi) is 4.26. The van der Waals surface area contributed by atoms with Crippen molar-refractivity contribution in [2.75, 3.05) is 6.61 Å². The van der Waals surface area contributed by atoms with Crippen molar-refractivity contribution in [2.24, 2.45) is 5.41 Å². The Bertz CT molecular complexity index is 533. The third kappa shape index (κ3) is 2.62. The van der Waals surface area contributed by atoms with Gasteiger partial charge in [0.25, 0.3) is 0 Å². The van der Waals surface area contributed by atoms with Gasteiger partial charge in [0, 0.05) is 11.0 Å². The molecule has 3 heteroatoms. The maximum Gasteiger partial charge on any atom is 0.306 e. The van der Waals surface area contributed by atoms with Gasteiger partial charge in [-0.15, -0.1) is 0 Å². The van der Waals surface area contributed by atoms with Crippen LogP contribution >= 0.6 is 0 Å². The molecule has 1 atom stereocenters. The molecule has 0 N–H and O–H groups in total. The van der Waals surface area contributed by atoms with E-state index in [9.17, 15) is 9.59 Å². The summed E-state index contributed by atoms with van der Waals surface area (Å²) in [7, 11) is 0. The van der Waals surface area contributed by atoms with E-state index in [1.807, 2.05) is 26.0 Å². The second kappa shape index (κ2) is 5.78. The quantitative estimate of drug-likeness (QED) is 0.790. The van der Waals surface area contributed by atoms with Crippen molar-refractivity contribution in [1.29, 1.82) is 0 Å². The van der Waals surface area contributed by atoms with E-state index < -0.39 is 5.41 Å². The molecule has 0 spiro atoms. The van der Waals surface area contributed by atoms with Crippen LogP contribution in [-0.4, -0.2) is 18.4 Å². The first-order valence-corrected chi connectivity index (χ1v) is 7.32. The Balaban J connectivity index is 2.31. The number of carbonyl (C=O) groups is 2. The predicted molar refractivity (Wildman–Crippen MR) is 77.8 cm³/mol. The van der Waals surface area contributed by atoms with Crippen molar-refractivity contribution < 1.29 is 14.3 Å². The Morgan fingerprint density at radius 1 is 1.35 bits per heavy atom. The molecule has 0 heterocycles.